The second-order valence-electron chi connectivity index (χ2n) is 7.40. The Kier molecular flexibility index (Phi) is 8.16. The van der Waals surface area contributed by atoms with Crippen molar-refractivity contribution in [3.05, 3.63) is 83.4 Å². The Labute approximate surface area is 172 Å². The van der Waals surface area contributed by atoms with Gasteiger partial charge in [0.25, 0.3) is 0 Å². The van der Waals surface area contributed by atoms with E-state index in [4.69, 9.17) is 9.47 Å². The van der Waals surface area contributed by atoms with Gasteiger partial charge in [-0.25, -0.2) is 9.59 Å². The second-order valence-corrected chi connectivity index (χ2v) is 7.40. The average Bonchev–Trinajstić information content (AvgIpc) is 2.71. The molecule has 0 radical (unpaired) electrons. The Morgan fingerprint density at radius 1 is 0.966 bits per heavy atom. The van der Waals surface area contributed by atoms with Crippen LogP contribution < -0.4 is 0 Å². The van der Waals surface area contributed by atoms with Crippen molar-refractivity contribution in [1.82, 2.24) is 0 Å². The molecule has 0 aliphatic heterocycles. The molecule has 0 aromatic heterocycles. The van der Waals surface area contributed by atoms with Gasteiger partial charge in [-0.3, -0.25) is 0 Å². The Morgan fingerprint density at radius 3 is 2.00 bits per heavy atom. The highest BCUT2D eigenvalue weighted by molar-refractivity contribution is 5.90. The van der Waals surface area contributed by atoms with Crippen molar-refractivity contribution in [1.29, 1.82) is 0 Å². The maximum atomic E-state index is 12.5. The third-order valence-corrected chi connectivity index (χ3v) is 4.53. The van der Waals surface area contributed by atoms with E-state index in [1.165, 1.54) is 0 Å². The molecule has 2 aromatic rings. The van der Waals surface area contributed by atoms with Crippen LogP contribution in [0, 0.1) is 0 Å². The molecule has 0 saturated heterocycles. The quantitative estimate of drug-likeness (QED) is 0.497. The SMILES string of the molecule is CC(C)=CCC[C@](C)(O)[C@@H](COC(=O)c1ccccc1)OC(=O)c1ccccc1. The Balaban J connectivity index is 2.12. The number of rotatable bonds is 9. The largest absolute Gasteiger partial charge is 0.458 e. The van der Waals surface area contributed by atoms with Crippen LogP contribution in [-0.4, -0.2) is 35.4 Å². The van der Waals surface area contributed by atoms with Crippen LogP contribution in [0.2, 0.25) is 0 Å². The Bertz CT molecular complexity index is 821. The summed E-state index contributed by atoms with van der Waals surface area (Å²) in [5.41, 5.74) is 0.527. The minimum Gasteiger partial charge on any atom is -0.458 e. The summed E-state index contributed by atoms with van der Waals surface area (Å²) in [5.74, 6) is -1.11. The van der Waals surface area contributed by atoms with Gasteiger partial charge in [-0.15, -0.1) is 0 Å². The predicted octanol–water partition coefficient (Wildman–Crippen LogP) is 4.57. The zero-order valence-corrected chi connectivity index (χ0v) is 17.1. The zero-order chi connectivity index (χ0) is 21.3. The lowest BCUT2D eigenvalue weighted by molar-refractivity contribution is -0.0993. The molecule has 5 heteroatoms. The lowest BCUT2D eigenvalue weighted by Crippen LogP contribution is -2.45. The predicted molar refractivity (Wildman–Crippen MR) is 112 cm³/mol. The number of carbonyl (C=O) groups is 2. The van der Waals surface area contributed by atoms with E-state index in [2.05, 4.69) is 0 Å². The molecule has 0 aliphatic carbocycles. The van der Waals surface area contributed by atoms with E-state index in [0.717, 1.165) is 5.57 Å². The minimum absolute atomic E-state index is 0.242. The van der Waals surface area contributed by atoms with Gasteiger partial charge in [-0.2, -0.15) is 0 Å². The van der Waals surface area contributed by atoms with E-state index in [1.54, 1.807) is 67.6 Å². The fourth-order valence-electron chi connectivity index (χ4n) is 2.73. The van der Waals surface area contributed by atoms with E-state index < -0.39 is 23.6 Å². The van der Waals surface area contributed by atoms with Crippen molar-refractivity contribution in [2.75, 3.05) is 6.61 Å². The summed E-state index contributed by atoms with van der Waals surface area (Å²) in [6.07, 6.45) is 1.96. The molecule has 0 bridgehead atoms. The summed E-state index contributed by atoms with van der Waals surface area (Å²) in [6, 6.07) is 17.1. The molecule has 5 nitrogen and oxygen atoms in total. The molecule has 0 spiro atoms. The number of benzene rings is 2. The van der Waals surface area contributed by atoms with Crippen LogP contribution in [0.15, 0.2) is 72.3 Å². The summed E-state index contributed by atoms with van der Waals surface area (Å²) in [6.45, 7) is 5.30. The Hall–Kier alpha value is -2.92. The summed E-state index contributed by atoms with van der Waals surface area (Å²) >= 11 is 0. The van der Waals surface area contributed by atoms with Crippen molar-refractivity contribution < 1.29 is 24.2 Å². The van der Waals surface area contributed by atoms with E-state index in [-0.39, 0.29) is 6.61 Å². The molecule has 1 N–H and O–H groups in total. The smallest absolute Gasteiger partial charge is 0.338 e. The molecular weight excluding hydrogens is 368 g/mol. The number of hydrogen-bond donors (Lipinski definition) is 1. The van der Waals surface area contributed by atoms with Gasteiger partial charge in [-0.05, 0) is 57.9 Å². The van der Waals surface area contributed by atoms with E-state index >= 15 is 0 Å². The first kappa shape index (κ1) is 22.4. The van der Waals surface area contributed by atoms with Gasteiger partial charge >= 0.3 is 11.9 Å². The first-order valence-electron chi connectivity index (χ1n) is 9.63. The molecular formula is C24H28O5. The summed E-state index contributed by atoms with van der Waals surface area (Å²) in [4.78, 5) is 24.8. The highest BCUT2D eigenvalue weighted by Gasteiger charge is 2.36. The first-order chi connectivity index (χ1) is 13.8. The van der Waals surface area contributed by atoms with Gasteiger partial charge in [0.15, 0.2) is 6.10 Å². The Morgan fingerprint density at radius 2 is 1.48 bits per heavy atom. The lowest BCUT2D eigenvalue weighted by atomic mass is 9.93. The summed E-state index contributed by atoms with van der Waals surface area (Å²) in [7, 11) is 0. The topological polar surface area (TPSA) is 72.8 Å². The van der Waals surface area contributed by atoms with Gasteiger partial charge in [0.05, 0.1) is 11.1 Å². The van der Waals surface area contributed by atoms with Gasteiger partial charge in [0.2, 0.25) is 0 Å². The normalized spacial score (nSPS) is 13.7. The standard InChI is InChI=1S/C24H28O5/c1-18(2)11-10-16-24(3,27)21(29-23(26)20-14-8-5-9-15-20)17-28-22(25)19-12-6-4-7-13-19/h4-9,11-15,21,27H,10,16-17H2,1-3H3/t21-,24+/m1/s1. The van der Waals surface area contributed by atoms with Crippen LogP contribution in [0.5, 0.6) is 0 Å². The number of ether oxygens (including phenoxy) is 2. The van der Waals surface area contributed by atoms with Crippen LogP contribution >= 0.6 is 0 Å². The molecule has 154 valence electrons. The van der Waals surface area contributed by atoms with Gasteiger partial charge in [0, 0.05) is 0 Å². The number of carbonyl (C=O) groups excluding carboxylic acids is 2. The molecule has 0 heterocycles. The van der Waals surface area contributed by atoms with Crippen LogP contribution in [0.3, 0.4) is 0 Å². The van der Waals surface area contributed by atoms with Gasteiger partial charge < -0.3 is 14.6 Å². The van der Waals surface area contributed by atoms with Gasteiger partial charge in [-0.1, -0.05) is 48.0 Å². The zero-order valence-electron chi connectivity index (χ0n) is 17.1. The van der Waals surface area contributed by atoms with Crippen LogP contribution in [0.1, 0.15) is 54.3 Å². The van der Waals surface area contributed by atoms with Crippen LogP contribution in [0.25, 0.3) is 0 Å². The first-order valence-corrected chi connectivity index (χ1v) is 9.63. The van der Waals surface area contributed by atoms with Crippen molar-refractivity contribution in [3.8, 4) is 0 Å². The van der Waals surface area contributed by atoms with Crippen LogP contribution in [0.4, 0.5) is 0 Å². The maximum absolute atomic E-state index is 12.5. The monoisotopic (exact) mass is 396 g/mol. The number of hydrogen-bond acceptors (Lipinski definition) is 5. The molecule has 29 heavy (non-hydrogen) atoms. The van der Waals surface area contributed by atoms with Crippen molar-refractivity contribution in [3.63, 3.8) is 0 Å². The number of aliphatic hydroxyl groups is 1. The highest BCUT2D eigenvalue weighted by atomic mass is 16.6. The van der Waals surface area contributed by atoms with E-state index in [1.807, 2.05) is 19.9 Å². The summed E-state index contributed by atoms with van der Waals surface area (Å²) in [5, 5.41) is 11.0. The third kappa shape index (κ3) is 7.20. The highest BCUT2D eigenvalue weighted by Crippen LogP contribution is 2.23. The minimum atomic E-state index is -1.37. The third-order valence-electron chi connectivity index (χ3n) is 4.53. The lowest BCUT2D eigenvalue weighted by Gasteiger charge is -2.32. The molecule has 0 amide bonds. The average molecular weight is 396 g/mol. The molecule has 0 saturated carbocycles. The summed E-state index contributed by atoms with van der Waals surface area (Å²) < 4.78 is 10.9. The molecule has 2 aromatic carbocycles. The fraction of sp³-hybridized carbons (Fsp3) is 0.333. The fourth-order valence-corrected chi connectivity index (χ4v) is 2.73. The molecule has 0 aliphatic rings. The number of allylic oxidation sites excluding steroid dienone is 2. The maximum Gasteiger partial charge on any atom is 0.338 e. The second kappa shape index (κ2) is 10.6. The van der Waals surface area contributed by atoms with Crippen molar-refractivity contribution in [2.24, 2.45) is 0 Å². The van der Waals surface area contributed by atoms with Crippen LogP contribution in [-0.2, 0) is 9.47 Å². The van der Waals surface area contributed by atoms with Crippen molar-refractivity contribution in [2.45, 2.75) is 45.3 Å². The number of esters is 2. The van der Waals surface area contributed by atoms with Crippen molar-refractivity contribution >= 4 is 11.9 Å². The molecule has 2 atom stereocenters. The molecule has 0 fully saturated rings. The van der Waals surface area contributed by atoms with E-state index in [9.17, 15) is 14.7 Å². The van der Waals surface area contributed by atoms with E-state index in [0.29, 0.717) is 24.0 Å². The molecule has 2 rings (SSSR count). The molecule has 0 unspecified atom stereocenters. The van der Waals surface area contributed by atoms with Gasteiger partial charge in [0.1, 0.15) is 12.2 Å².